The highest BCUT2D eigenvalue weighted by atomic mass is 32.2. The summed E-state index contributed by atoms with van der Waals surface area (Å²) in [7, 11) is 0. The smallest absolute Gasteiger partial charge is 0.269 e. The number of amidine groups is 2. The van der Waals surface area contributed by atoms with Gasteiger partial charge in [0.05, 0.1) is 0 Å². The van der Waals surface area contributed by atoms with Crippen molar-refractivity contribution in [3.8, 4) is 0 Å². The van der Waals surface area contributed by atoms with Gasteiger partial charge in [-0.2, -0.15) is 0 Å². The molecule has 136 valence electrons. The molecule has 1 aromatic carbocycles. The molecule has 3 N–H and O–H groups in total. The van der Waals surface area contributed by atoms with E-state index in [-0.39, 0.29) is 5.84 Å². The van der Waals surface area contributed by atoms with Crippen LogP contribution in [0.3, 0.4) is 0 Å². The first-order valence-corrected chi connectivity index (χ1v) is 10.8. The van der Waals surface area contributed by atoms with Crippen LogP contribution >= 0.6 is 11.8 Å². The van der Waals surface area contributed by atoms with Gasteiger partial charge in [0.2, 0.25) is 0 Å². The van der Waals surface area contributed by atoms with Gasteiger partial charge in [-0.15, -0.1) is 20.6 Å². The van der Waals surface area contributed by atoms with Crippen molar-refractivity contribution in [2.75, 3.05) is 25.4 Å². The fraction of sp³-hybridized carbons (Fsp3) is 0.529. The number of nitrogens with one attached hydrogen (secondary N) is 1. The number of rotatable bonds is 7. The topological polar surface area (TPSA) is 83.1 Å². The molecule has 0 aromatic heterocycles. The minimum atomic E-state index is -1.55. The van der Waals surface area contributed by atoms with Crippen LogP contribution in [0.5, 0.6) is 0 Å². The number of nitrogens with zero attached hydrogens (tertiary/aromatic N) is 3. The van der Waals surface area contributed by atoms with Crippen molar-refractivity contribution in [1.29, 1.82) is 0 Å². The molecule has 8 heteroatoms. The van der Waals surface area contributed by atoms with Crippen molar-refractivity contribution in [2.45, 2.75) is 37.1 Å². The third-order valence-electron chi connectivity index (χ3n) is 4.22. The first-order chi connectivity index (χ1) is 12.2. The van der Waals surface area contributed by atoms with E-state index >= 15 is 0 Å². The third-order valence-corrected chi connectivity index (χ3v) is 6.00. The van der Waals surface area contributed by atoms with E-state index in [4.69, 9.17) is 5.73 Å². The highest BCUT2D eigenvalue weighted by molar-refractivity contribution is 7.99. The second-order valence-corrected chi connectivity index (χ2v) is 8.26. The average Bonchev–Trinajstić information content (AvgIpc) is 2.93. The second kappa shape index (κ2) is 9.35. The summed E-state index contributed by atoms with van der Waals surface area (Å²) in [6.45, 7) is 4.26. The normalized spacial score (nSPS) is 21.0. The molecule has 6 nitrogen and oxygen atoms in total. The number of hydrogen-bond donors (Lipinski definition) is 2. The largest absolute Gasteiger partial charge is 0.380 e. The van der Waals surface area contributed by atoms with Gasteiger partial charge < -0.3 is 11.1 Å². The maximum Gasteiger partial charge on any atom is 0.269 e. The zero-order chi connectivity index (χ0) is 17.5. The first kappa shape index (κ1) is 18.4. The Morgan fingerprint density at radius 2 is 2.08 bits per heavy atom. The van der Waals surface area contributed by atoms with E-state index < -0.39 is 11.2 Å². The third kappa shape index (κ3) is 5.83. The zero-order valence-corrected chi connectivity index (χ0v) is 16.0. The predicted molar refractivity (Wildman–Crippen MR) is 106 cm³/mol. The van der Waals surface area contributed by atoms with Crippen LogP contribution in [-0.4, -0.2) is 46.2 Å². The van der Waals surface area contributed by atoms with Crippen LogP contribution in [0.1, 0.15) is 31.2 Å². The van der Waals surface area contributed by atoms with Crippen molar-refractivity contribution in [2.24, 2.45) is 14.5 Å². The molecule has 1 atom stereocenters. The Labute approximate surface area is 156 Å². The molecule has 0 amide bonds. The lowest BCUT2D eigenvalue weighted by Gasteiger charge is -2.26. The Balaban J connectivity index is 1.38. The summed E-state index contributed by atoms with van der Waals surface area (Å²) in [4.78, 5) is 3.87. The molecule has 2 heterocycles. The molecule has 0 aliphatic carbocycles. The zero-order valence-electron chi connectivity index (χ0n) is 14.3. The molecule has 1 saturated heterocycles. The van der Waals surface area contributed by atoms with E-state index in [1.807, 2.05) is 11.8 Å². The van der Waals surface area contributed by atoms with E-state index in [2.05, 4.69) is 43.3 Å². The first-order valence-electron chi connectivity index (χ1n) is 8.74. The fourth-order valence-electron chi connectivity index (χ4n) is 2.97. The lowest BCUT2D eigenvalue weighted by Crippen LogP contribution is -2.35. The molecule has 1 aromatic rings. The quantitative estimate of drug-likeness (QED) is 0.560. The van der Waals surface area contributed by atoms with Crippen LogP contribution in [0.4, 0.5) is 0 Å². The van der Waals surface area contributed by atoms with Crippen LogP contribution in [0.2, 0.25) is 0 Å². The van der Waals surface area contributed by atoms with Crippen molar-refractivity contribution in [3.05, 3.63) is 29.8 Å². The highest BCUT2D eigenvalue weighted by Gasteiger charge is 2.14. The molecule has 2 aliphatic heterocycles. The fourth-order valence-corrected chi connectivity index (χ4v) is 4.52. The maximum absolute atomic E-state index is 11.1. The van der Waals surface area contributed by atoms with E-state index in [1.165, 1.54) is 42.8 Å². The Morgan fingerprint density at radius 3 is 2.84 bits per heavy atom. The molecule has 2 aliphatic rings. The Hall–Kier alpha value is -1.38. The standard InChI is InChI=1S/C17H25N5OS2/c18-16-17(21-25(23)20-16)19-8-5-11-24-15-7-4-6-14(12-15)13-22-9-2-1-3-10-22/h4,6-7,12H,1-3,5,8-11,13H2,(H2,18,20)(H,19,21). The van der Waals surface area contributed by atoms with Gasteiger partial charge in [0.1, 0.15) is 0 Å². The molecular weight excluding hydrogens is 354 g/mol. The van der Waals surface area contributed by atoms with E-state index in [1.54, 1.807) is 0 Å². The van der Waals surface area contributed by atoms with Crippen LogP contribution in [0.15, 0.2) is 38.0 Å². The SMILES string of the molecule is NC1=NS(=O)N=C1NCCCSc1cccc(CN2CCCCC2)c1. The van der Waals surface area contributed by atoms with E-state index in [0.717, 1.165) is 25.3 Å². The molecule has 0 bridgehead atoms. The lowest BCUT2D eigenvalue weighted by molar-refractivity contribution is 0.221. The molecule has 0 spiro atoms. The summed E-state index contributed by atoms with van der Waals surface area (Å²) < 4.78 is 18.6. The minimum Gasteiger partial charge on any atom is -0.380 e. The summed E-state index contributed by atoms with van der Waals surface area (Å²) in [5.74, 6) is 1.69. The Kier molecular flexibility index (Phi) is 6.89. The van der Waals surface area contributed by atoms with Gasteiger partial charge in [0.15, 0.2) is 11.7 Å². The van der Waals surface area contributed by atoms with Crippen LogP contribution < -0.4 is 11.1 Å². The Bertz CT molecular complexity index is 671. The number of piperidine rings is 1. The molecule has 0 radical (unpaired) electrons. The summed E-state index contributed by atoms with van der Waals surface area (Å²) in [5.41, 5.74) is 7.02. The summed E-state index contributed by atoms with van der Waals surface area (Å²) >= 11 is 0.314. The monoisotopic (exact) mass is 379 g/mol. The van der Waals surface area contributed by atoms with Crippen molar-refractivity contribution >= 4 is 34.6 Å². The summed E-state index contributed by atoms with van der Waals surface area (Å²) in [5, 5.41) is 3.09. The van der Waals surface area contributed by atoms with Gasteiger partial charge >= 0.3 is 0 Å². The minimum absolute atomic E-state index is 0.233. The van der Waals surface area contributed by atoms with Gasteiger partial charge in [-0.25, -0.2) is 4.21 Å². The van der Waals surface area contributed by atoms with Gasteiger partial charge in [-0.3, -0.25) is 4.90 Å². The van der Waals surface area contributed by atoms with Crippen molar-refractivity contribution in [3.63, 3.8) is 0 Å². The molecular formula is C17H25N5OS2. The van der Waals surface area contributed by atoms with Crippen molar-refractivity contribution < 1.29 is 4.21 Å². The van der Waals surface area contributed by atoms with Crippen LogP contribution in [0.25, 0.3) is 0 Å². The number of nitrogens with two attached hydrogens (primary N) is 1. The number of hydrogen-bond acceptors (Lipinski definition) is 5. The second-order valence-electron chi connectivity index (χ2n) is 6.26. The number of thioether (sulfide) groups is 1. The van der Waals surface area contributed by atoms with Crippen LogP contribution in [-0.2, 0) is 17.7 Å². The van der Waals surface area contributed by atoms with Gasteiger partial charge in [0, 0.05) is 18.0 Å². The van der Waals surface area contributed by atoms with Gasteiger partial charge in [0.25, 0.3) is 11.2 Å². The van der Waals surface area contributed by atoms with Gasteiger partial charge in [-0.05, 0) is 55.8 Å². The number of benzene rings is 1. The van der Waals surface area contributed by atoms with Crippen LogP contribution in [0, 0.1) is 0 Å². The van der Waals surface area contributed by atoms with E-state index in [0.29, 0.717) is 5.84 Å². The summed E-state index contributed by atoms with van der Waals surface area (Å²) in [6.07, 6.45) is 5.01. The average molecular weight is 380 g/mol. The molecule has 1 unspecified atom stereocenters. The molecule has 3 rings (SSSR count). The number of likely N-dealkylation sites (tertiary alicyclic amines) is 1. The van der Waals surface area contributed by atoms with E-state index in [9.17, 15) is 4.21 Å². The highest BCUT2D eigenvalue weighted by Crippen LogP contribution is 2.21. The lowest BCUT2D eigenvalue weighted by atomic mass is 10.1. The maximum atomic E-state index is 11.1. The van der Waals surface area contributed by atoms with Crippen molar-refractivity contribution in [1.82, 2.24) is 10.2 Å². The molecule has 25 heavy (non-hydrogen) atoms. The van der Waals surface area contributed by atoms with Gasteiger partial charge in [-0.1, -0.05) is 18.6 Å². The summed E-state index contributed by atoms with van der Waals surface area (Å²) in [6, 6.07) is 8.86. The molecule has 0 saturated carbocycles. The Morgan fingerprint density at radius 1 is 1.24 bits per heavy atom. The predicted octanol–water partition coefficient (Wildman–Crippen LogP) is 2.09. The molecule has 1 fully saturated rings.